The van der Waals surface area contributed by atoms with Crippen LogP contribution < -0.4 is 24.4 Å². The zero-order valence-electron chi connectivity index (χ0n) is 16.4. The molecule has 0 aliphatic carbocycles. The lowest BCUT2D eigenvalue weighted by molar-refractivity contribution is -0.123. The van der Waals surface area contributed by atoms with Crippen molar-refractivity contribution in [2.75, 3.05) is 27.4 Å². The van der Waals surface area contributed by atoms with Crippen LogP contribution in [0.2, 0.25) is 0 Å². The van der Waals surface area contributed by atoms with Crippen molar-refractivity contribution in [3.05, 3.63) is 48.0 Å². The number of ether oxygens (including phenoxy) is 4. The molecular weight excluding hydrogens is 360 g/mol. The Kier molecular flexibility index (Phi) is 8.65. The van der Waals surface area contributed by atoms with Crippen molar-refractivity contribution in [3.63, 3.8) is 0 Å². The number of benzene rings is 2. The minimum Gasteiger partial charge on any atom is -0.497 e. The molecule has 0 bridgehead atoms. The van der Waals surface area contributed by atoms with Crippen molar-refractivity contribution in [2.24, 2.45) is 5.10 Å². The van der Waals surface area contributed by atoms with Gasteiger partial charge in [0.25, 0.3) is 5.91 Å². The average Bonchev–Trinajstić information content (AvgIpc) is 2.73. The third kappa shape index (κ3) is 6.83. The summed E-state index contributed by atoms with van der Waals surface area (Å²) in [6.07, 6.45) is 3.58. The number of nitrogens with zero attached hydrogens (tertiary/aromatic N) is 1. The molecule has 2 aromatic rings. The average molecular weight is 386 g/mol. The zero-order chi connectivity index (χ0) is 20.2. The van der Waals surface area contributed by atoms with Crippen LogP contribution in [0.25, 0.3) is 0 Å². The van der Waals surface area contributed by atoms with Crippen LogP contribution in [-0.2, 0) is 4.79 Å². The lowest BCUT2D eigenvalue weighted by Gasteiger charge is -2.10. The van der Waals surface area contributed by atoms with Crippen LogP contribution in [0.1, 0.15) is 25.3 Å². The second kappa shape index (κ2) is 11.5. The molecule has 0 spiro atoms. The maximum absolute atomic E-state index is 11.8. The number of rotatable bonds is 11. The molecule has 0 aromatic heterocycles. The second-order valence-electron chi connectivity index (χ2n) is 5.87. The van der Waals surface area contributed by atoms with Crippen LogP contribution in [0.15, 0.2) is 47.6 Å². The molecular formula is C21H26N2O5. The van der Waals surface area contributed by atoms with E-state index in [0.717, 1.165) is 24.2 Å². The molecule has 7 heteroatoms. The number of hydrazone groups is 1. The van der Waals surface area contributed by atoms with E-state index in [4.69, 9.17) is 18.9 Å². The summed E-state index contributed by atoms with van der Waals surface area (Å²) in [6.45, 7) is 2.61. The smallest absolute Gasteiger partial charge is 0.277 e. The molecule has 0 aliphatic heterocycles. The third-order valence-corrected chi connectivity index (χ3v) is 3.78. The Hall–Kier alpha value is -3.22. The standard InChI is InChI=1S/C21H26N2O5/c1-4-5-12-27-19-11-6-16(13-20(19)26-3)14-22-23-21(24)15-28-18-9-7-17(25-2)8-10-18/h6-11,13-14H,4-5,12,15H2,1-3H3,(H,23,24)/b22-14-. The van der Waals surface area contributed by atoms with Crippen molar-refractivity contribution in [3.8, 4) is 23.0 Å². The molecule has 0 saturated heterocycles. The molecule has 0 atom stereocenters. The van der Waals surface area contributed by atoms with E-state index in [2.05, 4.69) is 17.5 Å². The molecule has 2 rings (SSSR count). The van der Waals surface area contributed by atoms with Gasteiger partial charge in [0, 0.05) is 0 Å². The first-order chi connectivity index (χ1) is 13.7. The summed E-state index contributed by atoms with van der Waals surface area (Å²) >= 11 is 0. The Labute approximate surface area is 165 Å². The quantitative estimate of drug-likeness (QED) is 0.364. The molecule has 1 N–H and O–H groups in total. The van der Waals surface area contributed by atoms with Gasteiger partial charge in [-0.05, 0) is 54.4 Å². The molecule has 2 aromatic carbocycles. The summed E-state index contributed by atoms with van der Waals surface area (Å²) in [5.74, 6) is 2.24. The maximum atomic E-state index is 11.8. The van der Waals surface area contributed by atoms with Gasteiger partial charge < -0.3 is 18.9 Å². The van der Waals surface area contributed by atoms with Crippen LogP contribution in [0.5, 0.6) is 23.0 Å². The van der Waals surface area contributed by atoms with Crippen LogP contribution in [0.4, 0.5) is 0 Å². The Morgan fingerprint density at radius 2 is 1.75 bits per heavy atom. The van der Waals surface area contributed by atoms with Crippen molar-refractivity contribution in [1.82, 2.24) is 5.43 Å². The topological polar surface area (TPSA) is 78.4 Å². The van der Waals surface area contributed by atoms with E-state index in [-0.39, 0.29) is 12.5 Å². The van der Waals surface area contributed by atoms with E-state index in [1.54, 1.807) is 44.6 Å². The molecule has 150 valence electrons. The monoisotopic (exact) mass is 386 g/mol. The highest BCUT2D eigenvalue weighted by molar-refractivity contribution is 5.83. The minimum absolute atomic E-state index is 0.142. The molecule has 0 fully saturated rings. The Morgan fingerprint density at radius 1 is 1.00 bits per heavy atom. The lowest BCUT2D eigenvalue weighted by Crippen LogP contribution is -2.24. The predicted molar refractivity (Wildman–Crippen MR) is 108 cm³/mol. The third-order valence-electron chi connectivity index (χ3n) is 3.78. The molecule has 28 heavy (non-hydrogen) atoms. The summed E-state index contributed by atoms with van der Waals surface area (Å²) in [5, 5.41) is 3.94. The van der Waals surface area contributed by atoms with E-state index in [1.807, 2.05) is 12.1 Å². The van der Waals surface area contributed by atoms with E-state index in [0.29, 0.717) is 23.9 Å². The van der Waals surface area contributed by atoms with Gasteiger partial charge in [0.15, 0.2) is 18.1 Å². The first-order valence-corrected chi connectivity index (χ1v) is 9.06. The van der Waals surface area contributed by atoms with E-state index in [9.17, 15) is 4.79 Å². The van der Waals surface area contributed by atoms with Gasteiger partial charge in [-0.1, -0.05) is 13.3 Å². The van der Waals surface area contributed by atoms with Gasteiger partial charge in [-0.25, -0.2) is 5.43 Å². The molecule has 0 unspecified atom stereocenters. The summed E-state index contributed by atoms with van der Waals surface area (Å²) in [4.78, 5) is 11.8. The Bertz CT molecular complexity index is 775. The number of carbonyl (C=O) groups excluding carboxylic acids is 1. The number of methoxy groups -OCH3 is 2. The maximum Gasteiger partial charge on any atom is 0.277 e. The number of unbranched alkanes of at least 4 members (excludes halogenated alkanes) is 1. The fourth-order valence-electron chi connectivity index (χ4n) is 2.24. The number of hydrogen-bond donors (Lipinski definition) is 1. The molecule has 7 nitrogen and oxygen atoms in total. The van der Waals surface area contributed by atoms with Gasteiger partial charge in [0.1, 0.15) is 11.5 Å². The molecule has 0 heterocycles. The normalized spacial score (nSPS) is 10.5. The highest BCUT2D eigenvalue weighted by Gasteiger charge is 2.05. The molecule has 0 radical (unpaired) electrons. The number of carbonyl (C=O) groups is 1. The fraction of sp³-hybridized carbons (Fsp3) is 0.333. The Balaban J connectivity index is 1.82. The second-order valence-corrected chi connectivity index (χ2v) is 5.87. The predicted octanol–water partition coefficient (Wildman–Crippen LogP) is 3.41. The van der Waals surface area contributed by atoms with Gasteiger partial charge in [0.05, 0.1) is 27.0 Å². The summed E-state index contributed by atoms with van der Waals surface area (Å²) in [7, 11) is 3.17. The van der Waals surface area contributed by atoms with E-state index < -0.39 is 0 Å². The van der Waals surface area contributed by atoms with Gasteiger partial charge in [-0.15, -0.1) is 0 Å². The lowest BCUT2D eigenvalue weighted by atomic mass is 10.2. The van der Waals surface area contributed by atoms with Crippen LogP contribution in [0.3, 0.4) is 0 Å². The summed E-state index contributed by atoms with van der Waals surface area (Å²) < 4.78 is 21.5. The number of amides is 1. The van der Waals surface area contributed by atoms with E-state index >= 15 is 0 Å². The van der Waals surface area contributed by atoms with Crippen LogP contribution in [-0.4, -0.2) is 39.6 Å². The first kappa shape index (κ1) is 21.1. The highest BCUT2D eigenvalue weighted by Crippen LogP contribution is 2.27. The molecule has 0 saturated carbocycles. The van der Waals surface area contributed by atoms with Crippen molar-refractivity contribution in [1.29, 1.82) is 0 Å². The van der Waals surface area contributed by atoms with Crippen molar-refractivity contribution in [2.45, 2.75) is 19.8 Å². The van der Waals surface area contributed by atoms with Gasteiger partial charge in [0.2, 0.25) is 0 Å². The summed E-state index contributed by atoms with van der Waals surface area (Å²) in [5.41, 5.74) is 3.20. The Morgan fingerprint density at radius 3 is 2.43 bits per heavy atom. The van der Waals surface area contributed by atoms with Crippen molar-refractivity contribution < 1.29 is 23.7 Å². The largest absolute Gasteiger partial charge is 0.497 e. The highest BCUT2D eigenvalue weighted by atomic mass is 16.5. The van der Waals surface area contributed by atoms with Crippen LogP contribution >= 0.6 is 0 Å². The van der Waals surface area contributed by atoms with Gasteiger partial charge in [-0.2, -0.15) is 5.10 Å². The fourth-order valence-corrected chi connectivity index (χ4v) is 2.24. The number of nitrogens with one attached hydrogen (secondary N) is 1. The van der Waals surface area contributed by atoms with Crippen molar-refractivity contribution >= 4 is 12.1 Å². The zero-order valence-corrected chi connectivity index (χ0v) is 16.4. The first-order valence-electron chi connectivity index (χ1n) is 9.06. The van der Waals surface area contributed by atoms with Crippen LogP contribution in [0, 0.1) is 0 Å². The minimum atomic E-state index is -0.362. The number of hydrogen-bond acceptors (Lipinski definition) is 6. The van der Waals surface area contributed by atoms with Gasteiger partial charge in [-0.3, -0.25) is 4.79 Å². The summed E-state index contributed by atoms with van der Waals surface area (Å²) in [6, 6.07) is 12.4. The SMILES string of the molecule is CCCCOc1ccc(/C=N\NC(=O)COc2ccc(OC)cc2)cc1OC. The molecule has 1 amide bonds. The molecule has 0 aliphatic rings. The van der Waals surface area contributed by atoms with Gasteiger partial charge >= 0.3 is 0 Å². The van der Waals surface area contributed by atoms with E-state index in [1.165, 1.54) is 6.21 Å².